The second kappa shape index (κ2) is 6.44. The van der Waals surface area contributed by atoms with Gasteiger partial charge in [-0.25, -0.2) is 4.98 Å². The number of ether oxygens (including phenoxy) is 1. The van der Waals surface area contributed by atoms with Crippen molar-refractivity contribution >= 4 is 21.8 Å². The number of para-hydroxylation sites is 1. The number of nitriles is 1. The fourth-order valence-electron chi connectivity index (χ4n) is 3.62. The first kappa shape index (κ1) is 17.1. The molecule has 1 unspecified atom stereocenters. The first-order valence-electron chi connectivity index (χ1n) is 8.96. The number of aryl methyl sites for hydroxylation is 1. The lowest BCUT2D eigenvalue weighted by Gasteiger charge is -2.22. The minimum atomic E-state index is -0.658. The first-order valence-corrected chi connectivity index (χ1v) is 8.96. The van der Waals surface area contributed by atoms with E-state index in [2.05, 4.69) is 40.3 Å². The van der Waals surface area contributed by atoms with E-state index in [4.69, 9.17) is 4.74 Å². The van der Waals surface area contributed by atoms with Crippen molar-refractivity contribution in [2.24, 2.45) is 0 Å². The van der Waals surface area contributed by atoms with Gasteiger partial charge in [0.1, 0.15) is 0 Å². The molecule has 0 aliphatic heterocycles. The predicted octanol–water partition coefficient (Wildman–Crippen LogP) is 5.06. The van der Waals surface area contributed by atoms with Crippen molar-refractivity contribution in [1.29, 1.82) is 5.26 Å². The van der Waals surface area contributed by atoms with Gasteiger partial charge in [-0.2, -0.15) is 5.26 Å². The Balaban J connectivity index is 1.76. The molecule has 0 spiro atoms. The molecule has 1 atom stereocenters. The van der Waals surface area contributed by atoms with Crippen LogP contribution in [0.3, 0.4) is 0 Å². The molecule has 0 saturated heterocycles. The molecule has 2 aromatic heterocycles. The third-order valence-corrected chi connectivity index (χ3v) is 5.17. The number of hydrogen-bond acceptors (Lipinski definition) is 3. The Hall–Kier alpha value is -3.32. The Morgan fingerprint density at radius 3 is 2.67 bits per heavy atom. The Kier molecular flexibility index (Phi) is 4.08. The molecule has 0 aliphatic rings. The number of benzene rings is 2. The van der Waals surface area contributed by atoms with Crippen LogP contribution in [-0.4, -0.2) is 17.1 Å². The maximum atomic E-state index is 9.98. The van der Waals surface area contributed by atoms with Gasteiger partial charge in [0.2, 0.25) is 5.88 Å². The second-order valence-corrected chi connectivity index (χ2v) is 7.22. The van der Waals surface area contributed by atoms with E-state index in [-0.39, 0.29) is 0 Å². The minimum absolute atomic E-state index is 0.604. The van der Waals surface area contributed by atoms with Crippen molar-refractivity contribution < 1.29 is 4.74 Å². The Morgan fingerprint density at radius 2 is 1.93 bits per heavy atom. The third kappa shape index (κ3) is 3.02. The van der Waals surface area contributed by atoms with E-state index in [1.165, 1.54) is 0 Å². The van der Waals surface area contributed by atoms with E-state index in [9.17, 15) is 5.26 Å². The van der Waals surface area contributed by atoms with Crippen molar-refractivity contribution in [2.45, 2.75) is 25.7 Å². The maximum Gasteiger partial charge on any atom is 0.216 e. The van der Waals surface area contributed by atoms with Gasteiger partial charge in [0.15, 0.2) is 0 Å². The van der Waals surface area contributed by atoms with Gasteiger partial charge in [0.25, 0.3) is 0 Å². The molecule has 0 saturated carbocycles. The van der Waals surface area contributed by atoms with Crippen LogP contribution in [0, 0.1) is 18.3 Å². The number of pyridine rings is 1. The highest BCUT2D eigenvalue weighted by Crippen LogP contribution is 2.31. The molecular weight excluding hydrogens is 334 g/mol. The molecule has 27 heavy (non-hydrogen) atoms. The molecule has 0 fully saturated rings. The SMILES string of the molecule is COc1nc2cc(C(C)(C#N)Cc3cc4ccccc4[nH]3)ccc2cc1C. The van der Waals surface area contributed by atoms with Crippen LogP contribution in [0.15, 0.2) is 54.6 Å². The van der Waals surface area contributed by atoms with Crippen LogP contribution in [0.25, 0.3) is 21.8 Å². The Morgan fingerprint density at radius 1 is 1.11 bits per heavy atom. The summed E-state index contributed by atoms with van der Waals surface area (Å²) in [6.07, 6.45) is 0.604. The highest BCUT2D eigenvalue weighted by Gasteiger charge is 2.28. The quantitative estimate of drug-likeness (QED) is 0.557. The molecule has 4 heteroatoms. The van der Waals surface area contributed by atoms with E-state index < -0.39 is 5.41 Å². The molecule has 4 nitrogen and oxygen atoms in total. The zero-order valence-corrected chi connectivity index (χ0v) is 15.7. The number of aromatic nitrogens is 2. The van der Waals surface area contributed by atoms with Gasteiger partial charge in [-0.1, -0.05) is 30.3 Å². The molecule has 1 N–H and O–H groups in total. The first-order chi connectivity index (χ1) is 13.0. The lowest BCUT2D eigenvalue weighted by molar-refractivity contribution is 0.396. The lowest BCUT2D eigenvalue weighted by atomic mass is 9.79. The largest absolute Gasteiger partial charge is 0.481 e. The normalized spacial score (nSPS) is 13.4. The van der Waals surface area contributed by atoms with Gasteiger partial charge < -0.3 is 9.72 Å². The Bertz CT molecular complexity index is 1150. The summed E-state index contributed by atoms with van der Waals surface area (Å²) >= 11 is 0. The van der Waals surface area contributed by atoms with Crippen LogP contribution < -0.4 is 4.74 Å². The van der Waals surface area contributed by atoms with E-state index in [1.54, 1.807) is 7.11 Å². The summed E-state index contributed by atoms with van der Waals surface area (Å²) in [7, 11) is 1.63. The highest BCUT2D eigenvalue weighted by atomic mass is 16.5. The molecule has 2 heterocycles. The van der Waals surface area contributed by atoms with Crippen molar-refractivity contribution in [3.8, 4) is 11.9 Å². The number of rotatable bonds is 4. The average molecular weight is 355 g/mol. The predicted molar refractivity (Wildman–Crippen MR) is 108 cm³/mol. The molecule has 0 amide bonds. The molecule has 4 aromatic rings. The lowest BCUT2D eigenvalue weighted by Crippen LogP contribution is -2.23. The molecule has 2 aromatic carbocycles. The van der Waals surface area contributed by atoms with Crippen molar-refractivity contribution in [2.75, 3.05) is 7.11 Å². The number of nitrogens with zero attached hydrogens (tertiary/aromatic N) is 2. The summed E-state index contributed by atoms with van der Waals surface area (Å²) < 4.78 is 5.35. The van der Waals surface area contributed by atoms with Crippen LogP contribution in [0.5, 0.6) is 5.88 Å². The number of methoxy groups -OCH3 is 1. The number of aromatic amines is 1. The smallest absolute Gasteiger partial charge is 0.216 e. The molecule has 4 rings (SSSR count). The Labute approximate surface area is 158 Å². The van der Waals surface area contributed by atoms with Crippen LogP contribution >= 0.6 is 0 Å². The van der Waals surface area contributed by atoms with Crippen LogP contribution in [0.1, 0.15) is 23.7 Å². The van der Waals surface area contributed by atoms with Crippen LogP contribution in [-0.2, 0) is 11.8 Å². The molecular formula is C23H21N3O. The van der Waals surface area contributed by atoms with E-state index in [0.29, 0.717) is 12.3 Å². The van der Waals surface area contributed by atoms with Crippen LogP contribution in [0.2, 0.25) is 0 Å². The number of hydrogen-bond donors (Lipinski definition) is 1. The summed E-state index contributed by atoms with van der Waals surface area (Å²) in [5.41, 5.74) is 4.28. The monoisotopic (exact) mass is 355 g/mol. The number of fused-ring (bicyclic) bond motifs is 2. The molecule has 0 aliphatic carbocycles. The summed E-state index contributed by atoms with van der Waals surface area (Å²) in [4.78, 5) is 8.04. The van der Waals surface area contributed by atoms with E-state index >= 15 is 0 Å². The fourth-order valence-corrected chi connectivity index (χ4v) is 3.62. The highest BCUT2D eigenvalue weighted by molar-refractivity contribution is 5.82. The van der Waals surface area contributed by atoms with Crippen molar-refractivity contribution in [1.82, 2.24) is 9.97 Å². The molecule has 0 bridgehead atoms. The van der Waals surface area contributed by atoms with E-state index in [0.717, 1.165) is 38.6 Å². The van der Waals surface area contributed by atoms with Crippen molar-refractivity contribution in [3.05, 3.63) is 71.4 Å². The summed E-state index contributed by atoms with van der Waals surface area (Å²) in [6.45, 7) is 3.96. The average Bonchev–Trinajstić information content (AvgIpc) is 3.08. The number of H-pyrrole nitrogens is 1. The third-order valence-electron chi connectivity index (χ3n) is 5.17. The summed E-state index contributed by atoms with van der Waals surface area (Å²) in [5, 5.41) is 12.2. The van der Waals surface area contributed by atoms with Crippen molar-refractivity contribution in [3.63, 3.8) is 0 Å². The number of nitrogens with one attached hydrogen (secondary N) is 1. The van der Waals surface area contributed by atoms with Gasteiger partial charge in [0.05, 0.1) is 24.1 Å². The fraction of sp³-hybridized carbons (Fsp3) is 0.217. The van der Waals surface area contributed by atoms with Gasteiger partial charge in [-0.05, 0) is 49.1 Å². The molecule has 134 valence electrons. The van der Waals surface area contributed by atoms with Crippen LogP contribution in [0.4, 0.5) is 0 Å². The zero-order valence-electron chi connectivity index (χ0n) is 15.7. The standard InChI is InChI=1S/C23H21N3O/c1-15-10-17-8-9-18(12-21(17)26-22(15)27-3)23(2,14-24)13-19-11-16-6-4-5-7-20(16)25-19/h4-12,25H,13H2,1-3H3. The summed E-state index contributed by atoms with van der Waals surface area (Å²) in [6, 6.07) is 20.9. The van der Waals surface area contributed by atoms with Gasteiger partial charge in [0, 0.05) is 28.6 Å². The zero-order chi connectivity index (χ0) is 19.0. The van der Waals surface area contributed by atoms with Gasteiger partial charge >= 0.3 is 0 Å². The maximum absolute atomic E-state index is 9.98. The van der Waals surface area contributed by atoms with E-state index in [1.807, 2.05) is 44.2 Å². The van der Waals surface area contributed by atoms with Gasteiger partial charge in [-0.15, -0.1) is 0 Å². The van der Waals surface area contributed by atoms with Gasteiger partial charge in [-0.3, -0.25) is 0 Å². The molecule has 0 radical (unpaired) electrons. The second-order valence-electron chi connectivity index (χ2n) is 7.22. The minimum Gasteiger partial charge on any atom is -0.481 e. The topological polar surface area (TPSA) is 61.7 Å². The summed E-state index contributed by atoms with van der Waals surface area (Å²) in [5.74, 6) is 0.619.